The molecule has 0 spiro atoms. The van der Waals surface area contributed by atoms with Gasteiger partial charge >= 0.3 is 5.97 Å². The van der Waals surface area contributed by atoms with E-state index in [1.165, 1.54) is 12.8 Å². The lowest BCUT2D eigenvalue weighted by Crippen LogP contribution is -2.62. The van der Waals surface area contributed by atoms with Crippen LogP contribution in [0.15, 0.2) is 36.9 Å². The van der Waals surface area contributed by atoms with Gasteiger partial charge in [-0.2, -0.15) is 4.31 Å². The number of hydrogen-bond donors (Lipinski definition) is 0. The number of rotatable bonds is 14. The second-order valence-electron chi connectivity index (χ2n) is 12.4. The van der Waals surface area contributed by atoms with E-state index in [2.05, 4.69) is 38.4 Å². The standard InChI is InChI=1S/C28H45NO5SSi/c1-8-15-34-26(30)25(18-22-9-10-22)23-11-13-24(14-12-23)28(19-33-20-28)29(35(31)27(2,3)4)21-32-16-17-36(5,6)7/h8,11-14,22,25H,1,9-10,15-21H2,2-7H3. The van der Waals surface area contributed by atoms with Crippen molar-refractivity contribution in [2.45, 2.75) is 81.9 Å². The highest BCUT2D eigenvalue weighted by atomic mass is 32.2. The Morgan fingerprint density at radius 2 is 1.89 bits per heavy atom. The average Bonchev–Trinajstić information content (AvgIpc) is 3.59. The first-order valence-corrected chi connectivity index (χ1v) is 17.9. The van der Waals surface area contributed by atoms with Crippen molar-refractivity contribution >= 4 is 25.0 Å². The predicted molar refractivity (Wildman–Crippen MR) is 149 cm³/mol. The Balaban J connectivity index is 1.83. The van der Waals surface area contributed by atoms with Gasteiger partial charge in [0.1, 0.15) is 29.9 Å². The molecular weight excluding hydrogens is 490 g/mol. The number of hydrogen-bond acceptors (Lipinski definition) is 5. The zero-order valence-corrected chi connectivity index (χ0v) is 24.8. The van der Waals surface area contributed by atoms with Crippen LogP contribution in [0, 0.1) is 5.92 Å². The zero-order chi connectivity index (χ0) is 26.6. The Kier molecular flexibility index (Phi) is 9.77. The third-order valence-corrected chi connectivity index (χ3v) is 10.4. The van der Waals surface area contributed by atoms with Gasteiger partial charge in [0.15, 0.2) is 0 Å². The summed E-state index contributed by atoms with van der Waals surface area (Å²) >= 11 is 0. The van der Waals surface area contributed by atoms with Gasteiger partial charge in [-0.25, -0.2) is 4.21 Å². The topological polar surface area (TPSA) is 65.1 Å². The summed E-state index contributed by atoms with van der Waals surface area (Å²) in [5.41, 5.74) is 1.48. The first kappa shape index (κ1) is 29.2. The van der Waals surface area contributed by atoms with Gasteiger partial charge in [-0.3, -0.25) is 4.79 Å². The van der Waals surface area contributed by atoms with E-state index in [0.717, 1.165) is 23.6 Å². The fourth-order valence-corrected chi connectivity index (χ4v) is 6.38. The fourth-order valence-electron chi connectivity index (χ4n) is 4.26. The third-order valence-electron chi connectivity index (χ3n) is 6.83. The minimum absolute atomic E-state index is 0.192. The molecule has 0 radical (unpaired) electrons. The minimum atomic E-state index is -1.29. The molecule has 3 rings (SSSR count). The van der Waals surface area contributed by atoms with Crippen LogP contribution in [0.2, 0.25) is 25.7 Å². The molecule has 0 bridgehead atoms. The smallest absolute Gasteiger partial charge is 0.313 e. The van der Waals surface area contributed by atoms with E-state index >= 15 is 0 Å². The van der Waals surface area contributed by atoms with Crippen LogP contribution >= 0.6 is 0 Å². The fraction of sp³-hybridized carbons (Fsp3) is 0.679. The van der Waals surface area contributed by atoms with Gasteiger partial charge in [0, 0.05) is 14.7 Å². The number of carbonyl (C=O) groups excluding carboxylic acids is 1. The molecule has 1 aromatic rings. The number of nitrogens with zero attached hydrogens (tertiary/aromatic N) is 1. The second-order valence-corrected chi connectivity index (χ2v) is 20.2. The van der Waals surface area contributed by atoms with Crippen molar-refractivity contribution in [3.63, 3.8) is 0 Å². The van der Waals surface area contributed by atoms with E-state index in [1.54, 1.807) is 6.08 Å². The van der Waals surface area contributed by atoms with Gasteiger partial charge in [-0.15, -0.1) is 0 Å². The Morgan fingerprint density at radius 3 is 2.36 bits per heavy atom. The molecule has 2 atom stereocenters. The van der Waals surface area contributed by atoms with Crippen molar-refractivity contribution < 1.29 is 23.2 Å². The van der Waals surface area contributed by atoms with Crippen molar-refractivity contribution in [3.05, 3.63) is 48.0 Å². The maximum absolute atomic E-state index is 13.7. The van der Waals surface area contributed by atoms with Crippen LogP contribution in [-0.2, 0) is 35.5 Å². The Morgan fingerprint density at radius 1 is 1.25 bits per heavy atom. The maximum Gasteiger partial charge on any atom is 0.313 e. The van der Waals surface area contributed by atoms with Crippen LogP contribution in [0.4, 0.5) is 0 Å². The lowest BCUT2D eigenvalue weighted by atomic mass is 9.85. The quantitative estimate of drug-likeness (QED) is 0.102. The van der Waals surface area contributed by atoms with Crippen LogP contribution in [0.5, 0.6) is 0 Å². The number of ether oxygens (including phenoxy) is 3. The first-order chi connectivity index (χ1) is 16.9. The highest BCUT2D eigenvalue weighted by Crippen LogP contribution is 2.42. The molecule has 1 aromatic carbocycles. The normalized spacial score (nSPS) is 19.4. The summed E-state index contributed by atoms with van der Waals surface area (Å²) in [6, 6.07) is 9.25. The van der Waals surface area contributed by atoms with Crippen LogP contribution < -0.4 is 0 Å². The van der Waals surface area contributed by atoms with Crippen LogP contribution in [0.1, 0.15) is 57.1 Å². The molecule has 1 heterocycles. The van der Waals surface area contributed by atoms with Crippen LogP contribution in [0.25, 0.3) is 0 Å². The van der Waals surface area contributed by atoms with Gasteiger partial charge in [-0.05, 0) is 50.3 Å². The lowest BCUT2D eigenvalue weighted by molar-refractivity contribution is -0.144. The third kappa shape index (κ3) is 7.60. The average molecular weight is 536 g/mol. The summed E-state index contributed by atoms with van der Waals surface area (Å²) in [5.74, 6) is 0.127. The van der Waals surface area contributed by atoms with Crippen molar-refractivity contribution in [3.8, 4) is 0 Å². The van der Waals surface area contributed by atoms with Gasteiger partial charge in [0.25, 0.3) is 0 Å². The Bertz CT molecular complexity index is 913. The number of carbonyl (C=O) groups is 1. The van der Waals surface area contributed by atoms with E-state index in [0.29, 0.717) is 25.7 Å². The van der Waals surface area contributed by atoms with Crippen molar-refractivity contribution in [1.82, 2.24) is 4.31 Å². The first-order valence-electron chi connectivity index (χ1n) is 13.1. The molecule has 0 aromatic heterocycles. The van der Waals surface area contributed by atoms with E-state index in [1.807, 2.05) is 37.2 Å². The number of benzene rings is 1. The van der Waals surface area contributed by atoms with E-state index in [9.17, 15) is 9.00 Å². The molecule has 1 saturated carbocycles. The Hall–Kier alpha value is -1.32. The predicted octanol–water partition coefficient (Wildman–Crippen LogP) is 5.60. The molecule has 1 saturated heterocycles. The van der Waals surface area contributed by atoms with Crippen molar-refractivity contribution in [1.29, 1.82) is 0 Å². The molecule has 2 fully saturated rings. The van der Waals surface area contributed by atoms with E-state index in [-0.39, 0.29) is 25.2 Å². The maximum atomic E-state index is 13.7. The van der Waals surface area contributed by atoms with E-state index in [4.69, 9.17) is 14.2 Å². The Labute approximate surface area is 221 Å². The van der Waals surface area contributed by atoms with Gasteiger partial charge in [0.05, 0.1) is 23.9 Å². The van der Waals surface area contributed by atoms with Crippen molar-refractivity contribution in [2.24, 2.45) is 5.92 Å². The second kappa shape index (κ2) is 12.0. The van der Waals surface area contributed by atoms with Gasteiger partial charge in [-0.1, -0.05) is 69.4 Å². The monoisotopic (exact) mass is 535 g/mol. The number of esters is 1. The summed E-state index contributed by atoms with van der Waals surface area (Å²) in [7, 11) is -2.51. The molecule has 1 aliphatic carbocycles. The largest absolute Gasteiger partial charge is 0.461 e. The lowest BCUT2D eigenvalue weighted by Gasteiger charge is -2.50. The van der Waals surface area contributed by atoms with Gasteiger partial charge < -0.3 is 14.2 Å². The molecule has 1 aliphatic heterocycles. The molecule has 36 heavy (non-hydrogen) atoms. The molecule has 202 valence electrons. The highest BCUT2D eigenvalue weighted by Gasteiger charge is 2.50. The molecular formula is C28H45NO5SSi. The van der Waals surface area contributed by atoms with E-state index < -0.39 is 29.3 Å². The summed E-state index contributed by atoms with van der Waals surface area (Å²) in [6.07, 6.45) is 4.77. The minimum Gasteiger partial charge on any atom is -0.461 e. The SMILES string of the molecule is C=CCOC(=O)C(CC1CC1)c1ccc(C2(N(COCC[Si](C)(C)C)S(=O)C(C)(C)C)COC2)cc1. The summed E-state index contributed by atoms with van der Waals surface area (Å²) < 4.78 is 32.5. The highest BCUT2D eigenvalue weighted by molar-refractivity contribution is 7.84. The molecule has 2 aliphatic rings. The molecule has 0 amide bonds. The summed E-state index contributed by atoms with van der Waals surface area (Å²) in [4.78, 5) is 12.8. The van der Waals surface area contributed by atoms with Crippen LogP contribution in [-0.4, -0.2) is 60.5 Å². The molecule has 2 unspecified atom stereocenters. The molecule has 8 heteroatoms. The zero-order valence-electron chi connectivity index (χ0n) is 23.0. The summed E-state index contributed by atoms with van der Waals surface area (Å²) in [5, 5.41) is 0. The molecule has 0 N–H and O–H groups in total. The summed E-state index contributed by atoms with van der Waals surface area (Å²) in [6.45, 7) is 18.7. The van der Waals surface area contributed by atoms with Crippen LogP contribution in [0.3, 0.4) is 0 Å². The molecule has 6 nitrogen and oxygen atoms in total. The van der Waals surface area contributed by atoms with Crippen molar-refractivity contribution in [2.75, 3.05) is 33.2 Å². The van der Waals surface area contributed by atoms with Gasteiger partial charge in [0.2, 0.25) is 0 Å².